The van der Waals surface area contributed by atoms with Crippen molar-refractivity contribution in [2.45, 2.75) is 19.5 Å². The Hall–Kier alpha value is -2.63. The lowest BCUT2D eigenvalue weighted by molar-refractivity contribution is -0.904. The van der Waals surface area contributed by atoms with Crippen LogP contribution >= 0.6 is 11.3 Å². The fourth-order valence-corrected chi connectivity index (χ4v) is 4.17. The molecule has 4 nitrogen and oxygen atoms in total. The Kier molecular flexibility index (Phi) is 7.44. The molecule has 0 saturated carbocycles. The number of rotatable bonds is 9. The fourth-order valence-electron chi connectivity index (χ4n) is 3.37. The molecule has 0 fully saturated rings. The number of hydrogen-bond acceptors (Lipinski definition) is 3. The molecule has 1 aromatic heterocycles. The van der Waals surface area contributed by atoms with E-state index in [2.05, 4.69) is 65.0 Å². The number of carbonyl (C=O) groups excluding carboxylic acids is 1. The smallest absolute Gasteiger partial charge is 0.275 e. The first-order valence-electron chi connectivity index (χ1n) is 10.0. The second kappa shape index (κ2) is 10.2. The molecule has 5 heteroatoms. The Morgan fingerprint density at radius 1 is 1.03 bits per heavy atom. The van der Waals surface area contributed by atoms with Crippen LogP contribution < -0.4 is 15.1 Å². The number of quaternary nitrogens is 1. The fraction of sp³-hybridized carbons (Fsp3) is 0.292. The summed E-state index contributed by atoms with van der Waals surface area (Å²) in [6, 6.07) is 22.8. The van der Waals surface area contributed by atoms with E-state index < -0.39 is 0 Å². The standard InChI is InChI=1S/C24H29N3OS/c1-4-27(17-19-12-14-21(15-13-19)26(2)3)18-23(28)25-24(22-11-8-16-29-22)20-9-6-5-7-10-20/h5-16,24H,4,17-18H2,1-3H3,(H,25,28)/p+1/t24-/m0/s1. The third-order valence-corrected chi connectivity index (χ3v) is 6.02. The molecule has 0 spiro atoms. The van der Waals surface area contributed by atoms with E-state index >= 15 is 0 Å². The summed E-state index contributed by atoms with van der Waals surface area (Å²) in [4.78, 5) is 17.4. The first-order chi connectivity index (χ1) is 14.1. The van der Waals surface area contributed by atoms with E-state index in [-0.39, 0.29) is 11.9 Å². The third kappa shape index (κ3) is 5.92. The highest BCUT2D eigenvalue weighted by atomic mass is 32.1. The summed E-state index contributed by atoms with van der Waals surface area (Å²) >= 11 is 1.67. The van der Waals surface area contributed by atoms with E-state index in [1.54, 1.807) is 11.3 Å². The summed E-state index contributed by atoms with van der Waals surface area (Å²) < 4.78 is 0. The molecular formula is C24H30N3OS+. The van der Waals surface area contributed by atoms with Crippen LogP contribution in [0.2, 0.25) is 0 Å². The molecule has 0 radical (unpaired) electrons. The Morgan fingerprint density at radius 3 is 2.34 bits per heavy atom. The predicted molar refractivity (Wildman–Crippen MR) is 122 cm³/mol. The van der Waals surface area contributed by atoms with Crippen LogP contribution in [0.25, 0.3) is 0 Å². The molecule has 2 atom stereocenters. The molecule has 1 amide bonds. The lowest BCUT2D eigenvalue weighted by atomic mass is 10.1. The van der Waals surface area contributed by atoms with E-state index in [9.17, 15) is 4.79 Å². The van der Waals surface area contributed by atoms with Crippen molar-refractivity contribution >= 4 is 22.9 Å². The highest BCUT2D eigenvalue weighted by molar-refractivity contribution is 7.10. The summed E-state index contributed by atoms with van der Waals surface area (Å²) in [6.45, 7) is 4.33. The third-order valence-electron chi connectivity index (χ3n) is 5.08. The van der Waals surface area contributed by atoms with Gasteiger partial charge in [-0.2, -0.15) is 0 Å². The van der Waals surface area contributed by atoms with Crippen molar-refractivity contribution in [1.29, 1.82) is 0 Å². The average molecular weight is 409 g/mol. The Morgan fingerprint density at radius 2 is 1.76 bits per heavy atom. The SMILES string of the molecule is CC[NH+](CC(=O)N[C@@H](c1ccccc1)c1cccs1)Cc1ccc(N(C)C)cc1. The van der Waals surface area contributed by atoms with Gasteiger partial charge >= 0.3 is 0 Å². The van der Waals surface area contributed by atoms with Gasteiger partial charge < -0.3 is 15.1 Å². The summed E-state index contributed by atoms with van der Waals surface area (Å²) in [7, 11) is 4.08. The van der Waals surface area contributed by atoms with Crippen molar-refractivity contribution in [3.63, 3.8) is 0 Å². The second-order valence-corrected chi connectivity index (χ2v) is 8.42. The zero-order valence-corrected chi connectivity index (χ0v) is 18.2. The van der Waals surface area contributed by atoms with Crippen LogP contribution in [0.1, 0.15) is 29.0 Å². The zero-order valence-electron chi connectivity index (χ0n) is 17.4. The molecule has 2 aromatic carbocycles. The van der Waals surface area contributed by atoms with Gasteiger partial charge in [-0.25, -0.2) is 0 Å². The van der Waals surface area contributed by atoms with Crippen LogP contribution in [0.3, 0.4) is 0 Å². The topological polar surface area (TPSA) is 36.8 Å². The quantitative estimate of drug-likeness (QED) is 0.571. The maximum Gasteiger partial charge on any atom is 0.275 e. The van der Waals surface area contributed by atoms with Gasteiger partial charge in [0, 0.05) is 30.2 Å². The minimum atomic E-state index is -0.0961. The van der Waals surface area contributed by atoms with Crippen molar-refractivity contribution in [1.82, 2.24) is 5.32 Å². The second-order valence-electron chi connectivity index (χ2n) is 7.44. The molecule has 152 valence electrons. The molecule has 0 aliphatic heterocycles. The van der Waals surface area contributed by atoms with E-state index in [0.29, 0.717) is 6.54 Å². The van der Waals surface area contributed by atoms with Gasteiger partial charge in [-0.3, -0.25) is 4.79 Å². The van der Waals surface area contributed by atoms with E-state index in [0.717, 1.165) is 23.5 Å². The monoisotopic (exact) mass is 408 g/mol. The lowest BCUT2D eigenvalue weighted by Crippen LogP contribution is -3.11. The summed E-state index contributed by atoms with van der Waals surface area (Å²) in [6.07, 6.45) is 0. The van der Waals surface area contributed by atoms with Gasteiger partial charge in [0.05, 0.1) is 12.6 Å². The van der Waals surface area contributed by atoms with E-state index in [1.165, 1.54) is 16.2 Å². The Balaban J connectivity index is 1.65. The number of anilines is 1. The zero-order chi connectivity index (χ0) is 20.6. The van der Waals surface area contributed by atoms with Gasteiger partial charge in [0.25, 0.3) is 5.91 Å². The van der Waals surface area contributed by atoms with Crippen LogP contribution in [0, 0.1) is 0 Å². The first kappa shape index (κ1) is 21.1. The average Bonchev–Trinajstić information content (AvgIpc) is 3.27. The van der Waals surface area contributed by atoms with Crippen LogP contribution in [0.5, 0.6) is 0 Å². The maximum atomic E-state index is 12.9. The van der Waals surface area contributed by atoms with E-state index in [1.807, 2.05) is 38.4 Å². The Labute approximate surface area is 177 Å². The van der Waals surface area contributed by atoms with Crippen LogP contribution in [-0.4, -0.2) is 33.1 Å². The minimum absolute atomic E-state index is 0.0778. The minimum Gasteiger partial charge on any atom is -0.378 e. The molecule has 0 saturated heterocycles. The van der Waals surface area contributed by atoms with Crippen molar-refractivity contribution < 1.29 is 9.69 Å². The lowest BCUT2D eigenvalue weighted by Gasteiger charge is -2.21. The number of benzene rings is 2. The van der Waals surface area contributed by atoms with E-state index in [4.69, 9.17) is 0 Å². The van der Waals surface area contributed by atoms with Gasteiger partial charge in [0.2, 0.25) is 0 Å². The summed E-state index contributed by atoms with van der Waals surface area (Å²) in [5.74, 6) is 0.0778. The molecule has 0 aliphatic rings. The van der Waals surface area contributed by atoms with Crippen molar-refractivity contribution in [2.24, 2.45) is 0 Å². The van der Waals surface area contributed by atoms with Gasteiger partial charge in [0.1, 0.15) is 6.54 Å². The normalized spacial score (nSPS) is 12.9. The number of nitrogens with one attached hydrogen (secondary N) is 2. The molecule has 1 unspecified atom stereocenters. The van der Waals surface area contributed by atoms with Gasteiger partial charge in [-0.15, -0.1) is 11.3 Å². The van der Waals surface area contributed by atoms with Gasteiger partial charge in [-0.1, -0.05) is 48.5 Å². The highest BCUT2D eigenvalue weighted by Crippen LogP contribution is 2.25. The molecular weight excluding hydrogens is 378 g/mol. The molecule has 0 aliphatic carbocycles. The molecule has 29 heavy (non-hydrogen) atoms. The maximum absolute atomic E-state index is 12.9. The molecule has 0 bridgehead atoms. The number of nitrogens with zero attached hydrogens (tertiary/aromatic N) is 1. The number of thiophene rings is 1. The van der Waals surface area contributed by atoms with Crippen LogP contribution in [0.4, 0.5) is 5.69 Å². The summed E-state index contributed by atoms with van der Waals surface area (Å²) in [5.41, 5.74) is 3.55. The summed E-state index contributed by atoms with van der Waals surface area (Å²) in [5, 5.41) is 5.31. The number of hydrogen-bond donors (Lipinski definition) is 2. The van der Waals surface area contributed by atoms with Crippen molar-refractivity contribution in [2.75, 3.05) is 32.1 Å². The van der Waals surface area contributed by atoms with Gasteiger partial charge in [0.15, 0.2) is 6.54 Å². The van der Waals surface area contributed by atoms with Crippen molar-refractivity contribution in [3.8, 4) is 0 Å². The van der Waals surface area contributed by atoms with Gasteiger partial charge in [-0.05, 0) is 36.1 Å². The first-order valence-corrected chi connectivity index (χ1v) is 10.9. The van der Waals surface area contributed by atoms with Crippen LogP contribution in [-0.2, 0) is 11.3 Å². The number of carbonyl (C=O) groups is 1. The number of likely N-dealkylation sites (N-methyl/N-ethyl adjacent to an activating group) is 1. The number of amides is 1. The molecule has 3 rings (SSSR count). The highest BCUT2D eigenvalue weighted by Gasteiger charge is 2.20. The largest absolute Gasteiger partial charge is 0.378 e. The molecule has 3 aromatic rings. The van der Waals surface area contributed by atoms with Crippen molar-refractivity contribution in [3.05, 3.63) is 88.1 Å². The Bertz CT molecular complexity index is 876. The molecule has 1 heterocycles. The predicted octanol–water partition coefficient (Wildman–Crippen LogP) is 3.12. The van der Waals surface area contributed by atoms with Crippen LogP contribution in [0.15, 0.2) is 72.1 Å². The molecule has 2 N–H and O–H groups in total.